The topological polar surface area (TPSA) is 100 Å². The van der Waals surface area contributed by atoms with E-state index in [1.165, 1.54) is 6.07 Å². The molecule has 2 rings (SSSR count). The Morgan fingerprint density at radius 2 is 1.79 bits per heavy atom. The van der Waals surface area contributed by atoms with Crippen molar-refractivity contribution in [2.75, 3.05) is 32.2 Å². The van der Waals surface area contributed by atoms with Crippen LogP contribution < -0.4 is 15.4 Å². The zero-order chi connectivity index (χ0) is 21.4. The fourth-order valence-corrected chi connectivity index (χ4v) is 2.52. The van der Waals surface area contributed by atoms with Crippen LogP contribution in [0.2, 0.25) is 0 Å². The Balaban J connectivity index is 2.04. The molecule has 7 heteroatoms. The van der Waals surface area contributed by atoms with Crippen LogP contribution in [0.15, 0.2) is 42.5 Å². The minimum Gasteiger partial charge on any atom is -0.506 e. The van der Waals surface area contributed by atoms with Gasteiger partial charge in [-0.05, 0) is 62.7 Å². The molecular formula is C22H30N2O5. The molecule has 0 aliphatic carbocycles. The van der Waals surface area contributed by atoms with Crippen LogP contribution in [-0.4, -0.2) is 48.5 Å². The number of amides is 1. The third-order valence-corrected chi connectivity index (χ3v) is 4.15. The number of carbonyl (C=O) groups is 1. The summed E-state index contributed by atoms with van der Waals surface area (Å²) in [7, 11) is 1.60. The van der Waals surface area contributed by atoms with Gasteiger partial charge >= 0.3 is 0 Å². The fraction of sp³-hybridized carbons (Fsp3) is 0.409. The summed E-state index contributed by atoms with van der Waals surface area (Å²) in [6.45, 7) is 7.29. The summed E-state index contributed by atoms with van der Waals surface area (Å²) in [4.78, 5) is 12.5. The van der Waals surface area contributed by atoms with Crippen molar-refractivity contribution in [3.05, 3.63) is 53.6 Å². The summed E-state index contributed by atoms with van der Waals surface area (Å²) in [6.07, 6.45) is -0.769. The molecule has 0 aromatic heterocycles. The monoisotopic (exact) mass is 402 g/mol. The standard InChI is InChI=1S/C22H30N2O5/c1-22(2,3)23-14-20(26)16-7-10-19(25)18(13-16)24-21(27)15-5-8-17(9-6-15)29-12-11-28-4/h5-10,13,20,23,25-26H,11-12,14H2,1-4H3,(H,24,27). The highest BCUT2D eigenvalue weighted by molar-refractivity contribution is 6.05. The van der Waals surface area contributed by atoms with Crippen molar-refractivity contribution in [2.45, 2.75) is 32.4 Å². The smallest absolute Gasteiger partial charge is 0.255 e. The first-order chi connectivity index (χ1) is 13.7. The molecule has 1 amide bonds. The molecule has 1 unspecified atom stereocenters. The lowest BCUT2D eigenvalue weighted by Gasteiger charge is -2.23. The molecule has 7 nitrogen and oxygen atoms in total. The third-order valence-electron chi connectivity index (χ3n) is 4.15. The van der Waals surface area contributed by atoms with Gasteiger partial charge in [-0.2, -0.15) is 0 Å². The van der Waals surface area contributed by atoms with E-state index in [-0.39, 0.29) is 22.9 Å². The van der Waals surface area contributed by atoms with Crippen LogP contribution in [-0.2, 0) is 4.74 Å². The Morgan fingerprint density at radius 1 is 1.10 bits per heavy atom. The Kier molecular flexibility index (Phi) is 8.01. The van der Waals surface area contributed by atoms with Crippen molar-refractivity contribution in [1.82, 2.24) is 5.32 Å². The van der Waals surface area contributed by atoms with E-state index in [1.54, 1.807) is 43.5 Å². The van der Waals surface area contributed by atoms with Gasteiger partial charge in [0.05, 0.1) is 18.4 Å². The van der Waals surface area contributed by atoms with Gasteiger partial charge in [0, 0.05) is 24.8 Å². The summed E-state index contributed by atoms with van der Waals surface area (Å²) >= 11 is 0. The molecule has 0 saturated heterocycles. The van der Waals surface area contributed by atoms with E-state index in [0.29, 0.717) is 36.6 Å². The molecule has 158 valence electrons. The number of hydrogen-bond acceptors (Lipinski definition) is 6. The van der Waals surface area contributed by atoms with Gasteiger partial charge in [0.25, 0.3) is 5.91 Å². The molecular weight excluding hydrogens is 372 g/mol. The van der Waals surface area contributed by atoms with E-state index in [9.17, 15) is 15.0 Å². The summed E-state index contributed by atoms with van der Waals surface area (Å²) in [5.41, 5.74) is 1.12. The van der Waals surface area contributed by atoms with Gasteiger partial charge in [0.1, 0.15) is 18.1 Å². The SMILES string of the molecule is COCCOc1ccc(C(=O)Nc2cc(C(O)CNC(C)(C)C)ccc2O)cc1. The Labute approximate surface area is 171 Å². The van der Waals surface area contributed by atoms with Gasteiger partial charge < -0.3 is 30.3 Å². The maximum absolute atomic E-state index is 12.5. The van der Waals surface area contributed by atoms with Crippen LogP contribution >= 0.6 is 0 Å². The van der Waals surface area contributed by atoms with Gasteiger partial charge in [-0.1, -0.05) is 6.07 Å². The first-order valence-electron chi connectivity index (χ1n) is 9.49. The summed E-state index contributed by atoms with van der Waals surface area (Å²) in [6, 6.07) is 11.3. The van der Waals surface area contributed by atoms with Gasteiger partial charge in [0.15, 0.2) is 0 Å². The van der Waals surface area contributed by atoms with E-state index in [4.69, 9.17) is 9.47 Å². The van der Waals surface area contributed by atoms with E-state index in [1.807, 2.05) is 20.8 Å². The first-order valence-corrected chi connectivity index (χ1v) is 9.49. The number of aliphatic hydroxyl groups excluding tert-OH is 1. The largest absolute Gasteiger partial charge is 0.506 e. The predicted octanol–water partition coefficient (Wildman–Crippen LogP) is 3.09. The molecule has 0 fully saturated rings. The van der Waals surface area contributed by atoms with Crippen molar-refractivity contribution < 1.29 is 24.5 Å². The second kappa shape index (κ2) is 10.2. The summed E-state index contributed by atoms with van der Waals surface area (Å²) < 4.78 is 10.4. The highest BCUT2D eigenvalue weighted by atomic mass is 16.5. The number of benzene rings is 2. The van der Waals surface area contributed by atoms with Crippen molar-refractivity contribution in [1.29, 1.82) is 0 Å². The third kappa shape index (κ3) is 7.38. The number of anilines is 1. The molecule has 1 atom stereocenters. The number of rotatable bonds is 9. The predicted molar refractivity (Wildman–Crippen MR) is 113 cm³/mol. The normalized spacial score (nSPS) is 12.4. The minimum absolute atomic E-state index is 0.0717. The number of carbonyl (C=O) groups excluding carboxylic acids is 1. The second-order valence-electron chi connectivity index (χ2n) is 7.74. The van der Waals surface area contributed by atoms with Crippen LogP contribution in [0.3, 0.4) is 0 Å². The molecule has 0 aliphatic heterocycles. The molecule has 4 N–H and O–H groups in total. The number of nitrogens with one attached hydrogen (secondary N) is 2. The van der Waals surface area contributed by atoms with E-state index >= 15 is 0 Å². The van der Waals surface area contributed by atoms with Crippen molar-refractivity contribution in [2.24, 2.45) is 0 Å². The highest BCUT2D eigenvalue weighted by Crippen LogP contribution is 2.28. The molecule has 0 radical (unpaired) electrons. The Morgan fingerprint density at radius 3 is 2.41 bits per heavy atom. The molecule has 0 aliphatic rings. The van der Waals surface area contributed by atoms with Crippen molar-refractivity contribution >= 4 is 11.6 Å². The maximum Gasteiger partial charge on any atom is 0.255 e. The first kappa shape index (κ1) is 22.7. The molecule has 0 heterocycles. The van der Waals surface area contributed by atoms with E-state index in [2.05, 4.69) is 10.6 Å². The zero-order valence-corrected chi connectivity index (χ0v) is 17.4. The molecule has 2 aromatic rings. The highest BCUT2D eigenvalue weighted by Gasteiger charge is 2.16. The number of aliphatic hydroxyl groups is 1. The lowest BCUT2D eigenvalue weighted by molar-refractivity contribution is 0.102. The molecule has 0 saturated carbocycles. The van der Waals surface area contributed by atoms with Crippen LogP contribution in [0.4, 0.5) is 5.69 Å². The Bertz CT molecular complexity index is 800. The number of aromatic hydroxyl groups is 1. The van der Waals surface area contributed by atoms with E-state index < -0.39 is 6.10 Å². The quantitative estimate of drug-likeness (QED) is 0.380. The number of methoxy groups -OCH3 is 1. The van der Waals surface area contributed by atoms with Crippen LogP contribution in [0.1, 0.15) is 42.8 Å². The average Bonchev–Trinajstić information content (AvgIpc) is 2.68. The number of ether oxygens (including phenoxy) is 2. The minimum atomic E-state index is -0.769. The second-order valence-corrected chi connectivity index (χ2v) is 7.74. The number of phenolic OH excluding ortho intramolecular Hbond substituents is 1. The zero-order valence-electron chi connectivity index (χ0n) is 17.4. The lowest BCUT2D eigenvalue weighted by Crippen LogP contribution is -2.38. The van der Waals surface area contributed by atoms with E-state index in [0.717, 1.165) is 0 Å². The molecule has 29 heavy (non-hydrogen) atoms. The van der Waals surface area contributed by atoms with Gasteiger partial charge in [0.2, 0.25) is 0 Å². The summed E-state index contributed by atoms with van der Waals surface area (Å²) in [5.74, 6) is 0.193. The lowest BCUT2D eigenvalue weighted by atomic mass is 10.0. The van der Waals surface area contributed by atoms with Crippen molar-refractivity contribution in [3.8, 4) is 11.5 Å². The molecule has 0 bridgehead atoms. The number of hydrogen-bond donors (Lipinski definition) is 4. The van der Waals surface area contributed by atoms with Crippen molar-refractivity contribution in [3.63, 3.8) is 0 Å². The van der Waals surface area contributed by atoms with Gasteiger partial charge in [-0.25, -0.2) is 0 Å². The summed E-state index contributed by atoms with van der Waals surface area (Å²) in [5, 5.41) is 26.4. The number of phenols is 1. The van der Waals surface area contributed by atoms with Crippen LogP contribution in [0, 0.1) is 0 Å². The molecule has 0 spiro atoms. The van der Waals surface area contributed by atoms with Gasteiger partial charge in [-0.3, -0.25) is 4.79 Å². The van der Waals surface area contributed by atoms with Crippen LogP contribution in [0.25, 0.3) is 0 Å². The maximum atomic E-state index is 12.5. The average molecular weight is 402 g/mol. The molecule has 2 aromatic carbocycles. The van der Waals surface area contributed by atoms with Gasteiger partial charge in [-0.15, -0.1) is 0 Å². The van der Waals surface area contributed by atoms with Crippen LogP contribution in [0.5, 0.6) is 11.5 Å². The number of β-amino-alcohol motifs (C(OH)–C–C–N with tert-alkyl or cyclic N) is 1. The fourth-order valence-electron chi connectivity index (χ4n) is 2.52. The Hall–Kier alpha value is -2.61.